The fraction of sp³-hybridized carbons (Fsp3) is 0.267. The van der Waals surface area contributed by atoms with Gasteiger partial charge in [0.15, 0.2) is 0 Å². The Morgan fingerprint density at radius 2 is 2.00 bits per heavy atom. The van der Waals surface area contributed by atoms with Crippen molar-refractivity contribution in [3.05, 3.63) is 53.5 Å². The lowest BCUT2D eigenvalue weighted by atomic mass is 10.1. The first-order valence-electron chi connectivity index (χ1n) is 6.19. The molecular weight excluding hydrogens is 238 g/mol. The first kappa shape index (κ1) is 13.0. The van der Waals surface area contributed by atoms with E-state index in [4.69, 9.17) is 10.00 Å². The molecule has 19 heavy (non-hydrogen) atoms. The summed E-state index contributed by atoms with van der Waals surface area (Å²) >= 11 is 0. The monoisotopic (exact) mass is 253 g/mol. The van der Waals surface area contributed by atoms with Crippen molar-refractivity contribution in [1.82, 2.24) is 9.97 Å². The van der Waals surface area contributed by atoms with Crippen molar-refractivity contribution >= 4 is 0 Å². The molecule has 0 unspecified atom stereocenters. The molecule has 0 saturated carbocycles. The Kier molecular flexibility index (Phi) is 4.46. The van der Waals surface area contributed by atoms with Gasteiger partial charge in [-0.25, -0.2) is 4.98 Å². The average Bonchev–Trinajstić information content (AvgIpc) is 2.45. The van der Waals surface area contributed by atoms with Gasteiger partial charge in [-0.2, -0.15) is 5.26 Å². The molecule has 0 saturated heterocycles. The predicted octanol–water partition coefficient (Wildman–Crippen LogP) is 2.67. The summed E-state index contributed by atoms with van der Waals surface area (Å²) in [7, 11) is 0. The third-order valence-corrected chi connectivity index (χ3v) is 2.72. The van der Waals surface area contributed by atoms with E-state index in [1.165, 1.54) is 5.56 Å². The summed E-state index contributed by atoms with van der Waals surface area (Å²) < 4.78 is 5.58. The second kappa shape index (κ2) is 6.50. The maximum Gasteiger partial charge on any atom is 0.231 e. The number of hydrogen-bond acceptors (Lipinski definition) is 4. The summed E-state index contributed by atoms with van der Waals surface area (Å²) in [6.45, 7) is 2.43. The van der Waals surface area contributed by atoms with E-state index < -0.39 is 0 Å². The van der Waals surface area contributed by atoms with Crippen LogP contribution in [0, 0.1) is 18.3 Å². The zero-order chi connectivity index (χ0) is 13.5. The third kappa shape index (κ3) is 3.78. The van der Waals surface area contributed by atoms with Crippen LogP contribution in [0.15, 0.2) is 36.7 Å². The molecular formula is C15H15N3O. The molecule has 2 aromatic heterocycles. The minimum Gasteiger partial charge on any atom is -0.477 e. The van der Waals surface area contributed by atoms with Gasteiger partial charge in [-0.3, -0.25) is 4.98 Å². The van der Waals surface area contributed by atoms with Gasteiger partial charge >= 0.3 is 0 Å². The summed E-state index contributed by atoms with van der Waals surface area (Å²) in [4.78, 5) is 8.21. The number of nitriles is 1. The van der Waals surface area contributed by atoms with Crippen LogP contribution in [0.3, 0.4) is 0 Å². The molecule has 4 heteroatoms. The van der Waals surface area contributed by atoms with Crippen LogP contribution in [-0.4, -0.2) is 16.6 Å². The number of nitrogens with zero attached hydrogens (tertiary/aromatic N) is 3. The molecule has 96 valence electrons. The SMILES string of the molecule is Cc1ccc(C#N)c(OCCCc2ccncc2)n1. The second-order valence-electron chi connectivity index (χ2n) is 4.22. The number of hydrogen-bond donors (Lipinski definition) is 0. The largest absolute Gasteiger partial charge is 0.477 e. The van der Waals surface area contributed by atoms with E-state index in [0.29, 0.717) is 18.1 Å². The van der Waals surface area contributed by atoms with E-state index in [-0.39, 0.29) is 0 Å². The third-order valence-electron chi connectivity index (χ3n) is 2.72. The van der Waals surface area contributed by atoms with Crippen molar-refractivity contribution < 1.29 is 4.74 Å². The van der Waals surface area contributed by atoms with E-state index in [1.807, 2.05) is 25.1 Å². The first-order valence-corrected chi connectivity index (χ1v) is 6.19. The van der Waals surface area contributed by atoms with Gasteiger partial charge < -0.3 is 4.74 Å². The van der Waals surface area contributed by atoms with Gasteiger partial charge in [0.25, 0.3) is 0 Å². The van der Waals surface area contributed by atoms with Crippen molar-refractivity contribution in [2.75, 3.05) is 6.61 Å². The summed E-state index contributed by atoms with van der Waals surface area (Å²) in [5.41, 5.74) is 2.56. The highest BCUT2D eigenvalue weighted by Gasteiger charge is 2.05. The Morgan fingerprint density at radius 1 is 1.21 bits per heavy atom. The number of aryl methyl sites for hydroxylation is 2. The Morgan fingerprint density at radius 3 is 2.74 bits per heavy atom. The molecule has 2 rings (SSSR count). The minimum atomic E-state index is 0.428. The van der Waals surface area contributed by atoms with Gasteiger partial charge in [0.2, 0.25) is 5.88 Å². The standard InChI is InChI=1S/C15H15N3O/c1-12-4-5-14(11-16)15(18-12)19-10-2-3-13-6-8-17-9-7-13/h4-9H,2-3,10H2,1H3. The predicted molar refractivity (Wildman–Crippen MR) is 71.7 cm³/mol. The van der Waals surface area contributed by atoms with Crippen LogP contribution in [0.4, 0.5) is 0 Å². The lowest BCUT2D eigenvalue weighted by molar-refractivity contribution is 0.298. The number of rotatable bonds is 5. The normalized spacial score (nSPS) is 9.89. The maximum atomic E-state index is 8.97. The summed E-state index contributed by atoms with van der Waals surface area (Å²) in [6.07, 6.45) is 5.37. The summed E-state index contributed by atoms with van der Waals surface area (Å²) in [6, 6.07) is 9.61. The maximum absolute atomic E-state index is 8.97. The lowest BCUT2D eigenvalue weighted by Gasteiger charge is -2.07. The van der Waals surface area contributed by atoms with Gasteiger partial charge in [-0.05, 0) is 49.6 Å². The summed E-state index contributed by atoms with van der Waals surface area (Å²) in [5.74, 6) is 0.428. The molecule has 0 aliphatic rings. The van der Waals surface area contributed by atoms with Gasteiger partial charge in [0, 0.05) is 18.1 Å². The van der Waals surface area contributed by atoms with Crippen LogP contribution in [0.1, 0.15) is 23.2 Å². The van der Waals surface area contributed by atoms with Crippen molar-refractivity contribution in [3.8, 4) is 11.9 Å². The molecule has 0 spiro atoms. The Bertz CT molecular complexity index is 576. The fourth-order valence-corrected chi connectivity index (χ4v) is 1.72. The Balaban J connectivity index is 1.86. The van der Waals surface area contributed by atoms with Gasteiger partial charge in [0.05, 0.1) is 6.61 Å². The van der Waals surface area contributed by atoms with Gasteiger partial charge in [-0.15, -0.1) is 0 Å². The number of ether oxygens (including phenoxy) is 1. The zero-order valence-electron chi connectivity index (χ0n) is 10.8. The van der Waals surface area contributed by atoms with Crippen LogP contribution >= 0.6 is 0 Å². The molecule has 2 aromatic rings. The van der Waals surface area contributed by atoms with Crippen molar-refractivity contribution in [2.24, 2.45) is 0 Å². The molecule has 0 N–H and O–H groups in total. The van der Waals surface area contributed by atoms with Crippen LogP contribution in [-0.2, 0) is 6.42 Å². The molecule has 0 radical (unpaired) electrons. The van der Waals surface area contributed by atoms with Crippen molar-refractivity contribution in [2.45, 2.75) is 19.8 Å². The molecule has 0 aliphatic carbocycles. The summed E-state index contributed by atoms with van der Waals surface area (Å²) in [5, 5.41) is 8.97. The van der Waals surface area contributed by atoms with E-state index >= 15 is 0 Å². The first-order chi connectivity index (χ1) is 9.29. The van der Waals surface area contributed by atoms with E-state index in [0.717, 1.165) is 18.5 Å². The Hall–Kier alpha value is -2.41. The fourth-order valence-electron chi connectivity index (χ4n) is 1.72. The van der Waals surface area contributed by atoms with Gasteiger partial charge in [0.1, 0.15) is 11.6 Å². The van der Waals surface area contributed by atoms with Crippen molar-refractivity contribution in [1.29, 1.82) is 5.26 Å². The molecule has 0 atom stereocenters. The second-order valence-corrected chi connectivity index (χ2v) is 4.22. The highest BCUT2D eigenvalue weighted by Crippen LogP contribution is 2.15. The van der Waals surface area contributed by atoms with E-state index in [1.54, 1.807) is 18.5 Å². The lowest BCUT2D eigenvalue weighted by Crippen LogP contribution is -2.03. The molecule has 2 heterocycles. The molecule has 0 aliphatic heterocycles. The van der Waals surface area contributed by atoms with Crippen LogP contribution in [0.2, 0.25) is 0 Å². The molecule has 0 bridgehead atoms. The quantitative estimate of drug-likeness (QED) is 0.769. The highest BCUT2D eigenvalue weighted by molar-refractivity contribution is 5.38. The van der Waals surface area contributed by atoms with Crippen LogP contribution < -0.4 is 4.74 Å². The number of pyridine rings is 2. The van der Waals surface area contributed by atoms with E-state index in [9.17, 15) is 0 Å². The van der Waals surface area contributed by atoms with Crippen molar-refractivity contribution in [3.63, 3.8) is 0 Å². The molecule has 0 fully saturated rings. The molecule has 4 nitrogen and oxygen atoms in total. The molecule has 0 aromatic carbocycles. The Labute approximate surface area is 112 Å². The van der Waals surface area contributed by atoms with Crippen LogP contribution in [0.5, 0.6) is 5.88 Å². The average molecular weight is 253 g/mol. The highest BCUT2D eigenvalue weighted by atomic mass is 16.5. The van der Waals surface area contributed by atoms with E-state index in [2.05, 4.69) is 16.0 Å². The topological polar surface area (TPSA) is 58.8 Å². The minimum absolute atomic E-state index is 0.428. The van der Waals surface area contributed by atoms with Crippen LogP contribution in [0.25, 0.3) is 0 Å². The zero-order valence-corrected chi connectivity index (χ0v) is 10.8. The number of aromatic nitrogens is 2. The molecule has 0 amide bonds. The smallest absolute Gasteiger partial charge is 0.231 e. The van der Waals surface area contributed by atoms with Gasteiger partial charge in [-0.1, -0.05) is 0 Å².